The molecule has 32 heavy (non-hydrogen) atoms. The number of thioether (sulfide) groups is 1. The van der Waals surface area contributed by atoms with Gasteiger partial charge in [-0.2, -0.15) is 0 Å². The van der Waals surface area contributed by atoms with Crippen molar-refractivity contribution in [1.29, 1.82) is 0 Å². The molecule has 3 aromatic rings. The van der Waals surface area contributed by atoms with Crippen molar-refractivity contribution in [2.45, 2.75) is 51.9 Å². The van der Waals surface area contributed by atoms with Crippen LogP contribution in [0.1, 0.15) is 35.9 Å². The van der Waals surface area contributed by atoms with Crippen LogP contribution in [0.4, 0.5) is 5.69 Å². The van der Waals surface area contributed by atoms with Crippen LogP contribution in [-0.2, 0) is 24.4 Å². The number of nitrogens with zero attached hydrogens (tertiary/aromatic N) is 3. The van der Waals surface area contributed by atoms with Gasteiger partial charge in [-0.25, -0.2) is 0 Å². The summed E-state index contributed by atoms with van der Waals surface area (Å²) in [4.78, 5) is 12.5. The van der Waals surface area contributed by atoms with Gasteiger partial charge < -0.3 is 10.1 Å². The predicted octanol–water partition coefficient (Wildman–Crippen LogP) is 5.34. The molecule has 1 N–H and O–H groups in total. The molecule has 0 fully saturated rings. The van der Waals surface area contributed by atoms with Gasteiger partial charge in [0.05, 0.1) is 5.75 Å². The molecule has 7 heteroatoms. The summed E-state index contributed by atoms with van der Waals surface area (Å²) in [6, 6.07) is 14.0. The van der Waals surface area contributed by atoms with Gasteiger partial charge in [0, 0.05) is 12.2 Å². The molecular formula is C25H30N4O2S. The van der Waals surface area contributed by atoms with Crippen LogP contribution < -0.4 is 10.1 Å². The van der Waals surface area contributed by atoms with E-state index in [1.54, 1.807) is 6.08 Å². The molecular weight excluding hydrogens is 420 g/mol. The van der Waals surface area contributed by atoms with E-state index >= 15 is 0 Å². The average molecular weight is 451 g/mol. The Morgan fingerprint density at radius 3 is 2.69 bits per heavy atom. The van der Waals surface area contributed by atoms with Crippen molar-refractivity contribution in [3.8, 4) is 5.75 Å². The van der Waals surface area contributed by atoms with Gasteiger partial charge in [0.2, 0.25) is 5.91 Å². The molecule has 0 bridgehead atoms. The molecule has 3 rings (SSSR count). The number of aryl methyl sites for hydroxylation is 2. The molecule has 168 valence electrons. The minimum atomic E-state index is -0.0816. The molecule has 2 aromatic carbocycles. The lowest BCUT2D eigenvalue weighted by Crippen LogP contribution is -2.16. The number of hydrogen-bond donors (Lipinski definition) is 1. The second-order valence-corrected chi connectivity index (χ2v) is 8.51. The Morgan fingerprint density at radius 2 is 1.97 bits per heavy atom. The van der Waals surface area contributed by atoms with Crippen molar-refractivity contribution >= 4 is 23.4 Å². The number of anilines is 1. The van der Waals surface area contributed by atoms with E-state index in [-0.39, 0.29) is 11.7 Å². The molecule has 0 saturated heterocycles. The van der Waals surface area contributed by atoms with E-state index in [1.807, 2.05) is 48.7 Å². The van der Waals surface area contributed by atoms with Gasteiger partial charge in [-0.15, -0.1) is 16.8 Å². The molecule has 1 heterocycles. The van der Waals surface area contributed by atoms with Crippen LogP contribution in [0.3, 0.4) is 0 Å². The zero-order chi connectivity index (χ0) is 22.9. The molecule has 1 amide bonds. The fourth-order valence-electron chi connectivity index (χ4n) is 3.24. The van der Waals surface area contributed by atoms with E-state index in [1.165, 1.54) is 17.3 Å². The molecule has 0 unspecified atom stereocenters. The number of nitrogens with one attached hydrogen (secondary N) is 1. The first kappa shape index (κ1) is 23.6. The Bertz CT molecular complexity index is 1060. The number of benzene rings is 2. The Labute approximate surface area is 194 Å². The highest BCUT2D eigenvalue weighted by Crippen LogP contribution is 2.22. The van der Waals surface area contributed by atoms with Gasteiger partial charge in [-0.05, 0) is 55.2 Å². The number of hydrogen-bond acceptors (Lipinski definition) is 5. The number of allylic oxidation sites excluding steroid dienone is 1. The van der Waals surface area contributed by atoms with E-state index in [9.17, 15) is 4.79 Å². The summed E-state index contributed by atoms with van der Waals surface area (Å²) in [6.07, 6.45) is 3.96. The van der Waals surface area contributed by atoms with Crippen molar-refractivity contribution in [1.82, 2.24) is 14.8 Å². The zero-order valence-corrected chi connectivity index (χ0v) is 19.7. The van der Waals surface area contributed by atoms with Crippen LogP contribution in [0.15, 0.2) is 60.3 Å². The quantitative estimate of drug-likeness (QED) is 0.315. The second-order valence-electron chi connectivity index (χ2n) is 7.57. The SMILES string of the molecule is C=CCn1c(COc2ccc(CCC)cc2)nnc1SCC(=O)Nc1cccc(C)c1C. The molecule has 0 aliphatic heterocycles. The topological polar surface area (TPSA) is 69.0 Å². The molecule has 1 aromatic heterocycles. The summed E-state index contributed by atoms with van der Waals surface area (Å²) < 4.78 is 7.83. The third kappa shape index (κ3) is 6.23. The van der Waals surface area contributed by atoms with Crippen LogP contribution in [0.5, 0.6) is 5.75 Å². The van der Waals surface area contributed by atoms with Crippen molar-refractivity contribution < 1.29 is 9.53 Å². The third-order valence-corrected chi connectivity index (χ3v) is 6.11. The van der Waals surface area contributed by atoms with E-state index in [0.717, 1.165) is 35.4 Å². The number of aromatic nitrogens is 3. The normalized spacial score (nSPS) is 10.7. The molecule has 0 aliphatic rings. The molecule has 0 aliphatic carbocycles. The highest BCUT2D eigenvalue weighted by atomic mass is 32.2. The molecule has 6 nitrogen and oxygen atoms in total. The maximum atomic E-state index is 12.5. The van der Waals surface area contributed by atoms with Crippen LogP contribution in [0, 0.1) is 13.8 Å². The van der Waals surface area contributed by atoms with Crippen molar-refractivity contribution in [3.63, 3.8) is 0 Å². The van der Waals surface area contributed by atoms with Gasteiger partial charge >= 0.3 is 0 Å². The fraction of sp³-hybridized carbons (Fsp3) is 0.320. The number of ether oxygens (including phenoxy) is 1. The number of carbonyl (C=O) groups is 1. The van der Waals surface area contributed by atoms with Gasteiger partial charge in [0.25, 0.3) is 0 Å². The standard InChI is InChI=1S/C25H30N4O2S/c1-5-8-20-11-13-21(14-12-20)31-16-23-27-28-25(29(23)15-6-2)32-17-24(30)26-22-10-7-9-18(3)19(22)4/h6-7,9-14H,2,5,8,15-17H2,1,3-4H3,(H,26,30). The lowest BCUT2D eigenvalue weighted by atomic mass is 10.1. The first-order chi connectivity index (χ1) is 15.5. The van der Waals surface area contributed by atoms with E-state index in [2.05, 4.69) is 41.1 Å². The molecule has 0 spiro atoms. The largest absolute Gasteiger partial charge is 0.486 e. The number of rotatable bonds is 11. The van der Waals surface area contributed by atoms with Gasteiger partial charge in [-0.3, -0.25) is 9.36 Å². The average Bonchev–Trinajstić information content (AvgIpc) is 3.17. The summed E-state index contributed by atoms with van der Waals surface area (Å²) in [5, 5.41) is 12.2. The van der Waals surface area contributed by atoms with Crippen molar-refractivity contribution in [2.75, 3.05) is 11.1 Å². The Balaban J connectivity index is 1.60. The molecule has 0 atom stereocenters. The number of amides is 1. The first-order valence-electron chi connectivity index (χ1n) is 10.8. The Kier molecular flexibility index (Phi) is 8.50. The van der Waals surface area contributed by atoms with Crippen LogP contribution >= 0.6 is 11.8 Å². The summed E-state index contributed by atoms with van der Waals surface area (Å²) in [7, 11) is 0. The minimum absolute atomic E-state index is 0.0816. The first-order valence-corrected chi connectivity index (χ1v) is 11.7. The summed E-state index contributed by atoms with van der Waals surface area (Å²) >= 11 is 1.35. The summed E-state index contributed by atoms with van der Waals surface area (Å²) in [5.41, 5.74) is 4.35. The summed E-state index contributed by atoms with van der Waals surface area (Å²) in [6.45, 7) is 10.9. The molecule has 0 radical (unpaired) electrons. The van der Waals surface area contributed by atoms with E-state index < -0.39 is 0 Å². The second kappa shape index (κ2) is 11.5. The Hall–Kier alpha value is -3.06. The van der Waals surface area contributed by atoms with E-state index in [0.29, 0.717) is 24.1 Å². The Morgan fingerprint density at radius 1 is 1.19 bits per heavy atom. The van der Waals surface area contributed by atoms with Gasteiger partial charge in [0.15, 0.2) is 11.0 Å². The minimum Gasteiger partial charge on any atom is -0.486 e. The highest BCUT2D eigenvalue weighted by Gasteiger charge is 2.15. The molecule has 0 saturated carbocycles. The smallest absolute Gasteiger partial charge is 0.234 e. The van der Waals surface area contributed by atoms with Crippen molar-refractivity contribution in [3.05, 3.63) is 77.6 Å². The fourth-order valence-corrected chi connectivity index (χ4v) is 4.00. The van der Waals surface area contributed by atoms with E-state index in [4.69, 9.17) is 4.74 Å². The maximum Gasteiger partial charge on any atom is 0.234 e. The predicted molar refractivity (Wildman–Crippen MR) is 130 cm³/mol. The number of carbonyl (C=O) groups excluding carboxylic acids is 1. The lowest BCUT2D eigenvalue weighted by Gasteiger charge is -2.11. The highest BCUT2D eigenvalue weighted by molar-refractivity contribution is 7.99. The van der Waals surface area contributed by atoms with Crippen LogP contribution in [0.2, 0.25) is 0 Å². The summed E-state index contributed by atoms with van der Waals surface area (Å²) in [5.74, 6) is 1.64. The maximum absolute atomic E-state index is 12.5. The third-order valence-electron chi connectivity index (χ3n) is 5.15. The lowest BCUT2D eigenvalue weighted by molar-refractivity contribution is -0.113. The van der Waals surface area contributed by atoms with Gasteiger partial charge in [-0.1, -0.05) is 55.4 Å². The van der Waals surface area contributed by atoms with Crippen LogP contribution in [-0.4, -0.2) is 26.4 Å². The van der Waals surface area contributed by atoms with Crippen molar-refractivity contribution in [2.24, 2.45) is 0 Å². The zero-order valence-electron chi connectivity index (χ0n) is 18.9. The van der Waals surface area contributed by atoms with Gasteiger partial charge in [0.1, 0.15) is 12.4 Å². The van der Waals surface area contributed by atoms with Crippen LogP contribution in [0.25, 0.3) is 0 Å². The monoisotopic (exact) mass is 450 g/mol.